The summed E-state index contributed by atoms with van der Waals surface area (Å²) >= 11 is 0. The molecule has 0 bridgehead atoms. The van der Waals surface area contributed by atoms with Gasteiger partial charge in [-0.1, -0.05) is 24.3 Å². The van der Waals surface area contributed by atoms with Crippen LogP contribution in [-0.4, -0.2) is 82.1 Å². The van der Waals surface area contributed by atoms with E-state index in [0.29, 0.717) is 50.3 Å². The highest BCUT2D eigenvalue weighted by molar-refractivity contribution is 7.90. The average Bonchev–Trinajstić information content (AvgIpc) is 3.44. The predicted molar refractivity (Wildman–Crippen MR) is 157 cm³/mol. The van der Waals surface area contributed by atoms with E-state index in [4.69, 9.17) is 4.74 Å². The lowest BCUT2D eigenvalue weighted by molar-refractivity contribution is -0.137. The molecule has 9 nitrogen and oxygen atoms in total. The molecular formula is C29H36F3N3O6S2. The van der Waals surface area contributed by atoms with Crippen LogP contribution in [0, 0.1) is 0 Å². The lowest BCUT2D eigenvalue weighted by Gasteiger charge is -2.28. The summed E-state index contributed by atoms with van der Waals surface area (Å²) in [5.74, 6) is -0.357. The third kappa shape index (κ3) is 7.66. The summed E-state index contributed by atoms with van der Waals surface area (Å²) in [7, 11) is -7.66. The third-order valence-corrected chi connectivity index (χ3v) is 11.6. The predicted octanol–water partition coefficient (Wildman–Crippen LogP) is 3.98. The molecule has 2 aliphatic rings. The molecule has 1 amide bonds. The van der Waals surface area contributed by atoms with Crippen LogP contribution in [-0.2, 0) is 35.8 Å². The Morgan fingerprint density at radius 1 is 0.953 bits per heavy atom. The van der Waals surface area contributed by atoms with Gasteiger partial charge < -0.3 is 9.64 Å². The van der Waals surface area contributed by atoms with E-state index in [2.05, 4.69) is 4.72 Å². The molecule has 0 saturated carbocycles. The lowest BCUT2D eigenvalue weighted by Crippen LogP contribution is -2.47. The van der Waals surface area contributed by atoms with Gasteiger partial charge in [0.25, 0.3) is 5.91 Å². The highest BCUT2D eigenvalue weighted by atomic mass is 32.2. The number of hydrogen-bond acceptors (Lipinski definition) is 6. The molecule has 0 aromatic heterocycles. The van der Waals surface area contributed by atoms with Crippen LogP contribution < -0.4 is 4.72 Å². The minimum Gasteiger partial charge on any atom is -0.378 e. The van der Waals surface area contributed by atoms with Crippen LogP contribution in [0.2, 0.25) is 0 Å². The molecule has 0 radical (unpaired) electrons. The fraction of sp³-hybridized carbons (Fsp3) is 0.483. The molecule has 43 heavy (non-hydrogen) atoms. The molecular weight excluding hydrogens is 607 g/mol. The van der Waals surface area contributed by atoms with Crippen molar-refractivity contribution in [2.45, 2.75) is 55.5 Å². The number of carbonyl (C=O) groups excluding carboxylic acids is 1. The van der Waals surface area contributed by atoms with Gasteiger partial charge >= 0.3 is 6.18 Å². The Bertz CT molecular complexity index is 1540. The number of benzene rings is 2. The van der Waals surface area contributed by atoms with Crippen LogP contribution in [0.5, 0.6) is 0 Å². The van der Waals surface area contributed by atoms with Crippen molar-refractivity contribution in [2.75, 3.05) is 39.4 Å². The molecule has 2 heterocycles. The molecule has 2 aliphatic heterocycles. The van der Waals surface area contributed by atoms with Crippen molar-refractivity contribution < 1.29 is 39.5 Å². The van der Waals surface area contributed by atoms with Crippen LogP contribution in [0.25, 0.3) is 11.6 Å². The number of halogens is 3. The van der Waals surface area contributed by atoms with Gasteiger partial charge in [-0.15, -0.1) is 0 Å². The largest absolute Gasteiger partial charge is 0.416 e. The van der Waals surface area contributed by atoms with Crippen molar-refractivity contribution in [1.29, 1.82) is 0 Å². The first-order chi connectivity index (χ1) is 20.0. The second-order valence-electron chi connectivity index (χ2n) is 11.5. The van der Waals surface area contributed by atoms with E-state index in [1.54, 1.807) is 25.7 Å². The van der Waals surface area contributed by atoms with E-state index < -0.39 is 42.6 Å². The lowest BCUT2D eigenvalue weighted by atomic mass is 10.0. The van der Waals surface area contributed by atoms with Crippen molar-refractivity contribution in [3.05, 3.63) is 65.2 Å². The van der Waals surface area contributed by atoms with Crippen molar-refractivity contribution in [2.24, 2.45) is 0 Å². The molecule has 2 aromatic carbocycles. The zero-order valence-electron chi connectivity index (χ0n) is 24.2. The second kappa shape index (κ2) is 12.7. The van der Waals surface area contributed by atoms with Crippen molar-refractivity contribution in [1.82, 2.24) is 13.9 Å². The van der Waals surface area contributed by atoms with E-state index in [0.717, 1.165) is 12.1 Å². The Hall–Kier alpha value is -2.78. The first-order valence-corrected chi connectivity index (χ1v) is 16.8. The Kier molecular flexibility index (Phi) is 9.77. The first-order valence-electron chi connectivity index (χ1n) is 13.9. The number of hydrogen-bond donors (Lipinski definition) is 1. The van der Waals surface area contributed by atoms with Gasteiger partial charge in [0.2, 0.25) is 20.0 Å². The number of nitrogens with zero attached hydrogens (tertiary/aromatic N) is 2. The second-order valence-corrected chi connectivity index (χ2v) is 15.9. The summed E-state index contributed by atoms with van der Waals surface area (Å²) in [6.07, 6.45) is -1.94. The Balaban J connectivity index is 1.61. The SMILES string of the molecule is CC(C)(C)S(=O)(=O)NC[C@H]1CCCN1S(=O)(=O)c1ccc(/C(=C\c2ccc(C(F)(F)F)cc2)C(=O)N2CCOCC2)cc1. The number of nitrogens with one attached hydrogen (secondary N) is 1. The molecule has 0 aliphatic carbocycles. The smallest absolute Gasteiger partial charge is 0.378 e. The van der Waals surface area contributed by atoms with Crippen molar-refractivity contribution in [3.63, 3.8) is 0 Å². The number of carbonyl (C=O) groups is 1. The zero-order valence-corrected chi connectivity index (χ0v) is 25.9. The van der Waals surface area contributed by atoms with Gasteiger partial charge in [-0.2, -0.15) is 17.5 Å². The van der Waals surface area contributed by atoms with Gasteiger partial charge in [0, 0.05) is 37.8 Å². The Morgan fingerprint density at radius 2 is 1.56 bits per heavy atom. The number of amides is 1. The quantitative estimate of drug-likeness (QED) is 0.344. The average molecular weight is 644 g/mol. The Morgan fingerprint density at radius 3 is 2.12 bits per heavy atom. The van der Waals surface area contributed by atoms with Gasteiger partial charge in [0.15, 0.2) is 0 Å². The highest BCUT2D eigenvalue weighted by Gasteiger charge is 2.37. The minimum absolute atomic E-state index is 0.0190. The monoisotopic (exact) mass is 643 g/mol. The number of sulfonamides is 2. The minimum atomic E-state index is -4.50. The molecule has 14 heteroatoms. The summed E-state index contributed by atoms with van der Waals surface area (Å²) in [4.78, 5) is 15.1. The standard InChI is InChI=1S/C29H36F3N3O6S2/c1-28(2,3)43(39,40)33-20-24-5-4-14-35(24)42(37,38)25-12-8-22(9-13-25)26(27(36)34-15-17-41-18-16-34)19-21-6-10-23(11-7-21)29(30,31)32/h6-13,19,24,33H,4-5,14-18,20H2,1-3H3/b26-19+/t24-/m1/s1. The van der Waals surface area contributed by atoms with Gasteiger partial charge in [-0.05, 0) is 75.1 Å². The summed E-state index contributed by atoms with van der Waals surface area (Å²) in [6, 6.07) is 9.62. The van der Waals surface area contributed by atoms with Crippen LogP contribution in [0.3, 0.4) is 0 Å². The van der Waals surface area contributed by atoms with Crippen LogP contribution in [0.1, 0.15) is 50.3 Å². The first kappa shape index (κ1) is 33.1. The highest BCUT2D eigenvalue weighted by Crippen LogP contribution is 2.31. The maximum atomic E-state index is 13.6. The van der Waals surface area contributed by atoms with Gasteiger partial charge in [0.1, 0.15) is 0 Å². The molecule has 1 atom stereocenters. The molecule has 0 unspecified atom stereocenters. The van der Waals surface area contributed by atoms with Gasteiger partial charge in [-0.25, -0.2) is 21.6 Å². The van der Waals surface area contributed by atoms with Gasteiger partial charge in [-0.3, -0.25) is 4.79 Å². The molecule has 2 fully saturated rings. The maximum absolute atomic E-state index is 13.6. The molecule has 2 aromatic rings. The molecule has 4 rings (SSSR count). The van der Waals surface area contributed by atoms with E-state index in [1.165, 1.54) is 46.8 Å². The number of morpholine rings is 1. The number of alkyl halides is 3. The maximum Gasteiger partial charge on any atom is 0.416 e. The molecule has 1 N–H and O–H groups in total. The van der Waals surface area contributed by atoms with E-state index in [-0.39, 0.29) is 29.5 Å². The van der Waals surface area contributed by atoms with Crippen LogP contribution >= 0.6 is 0 Å². The van der Waals surface area contributed by atoms with E-state index in [1.807, 2.05) is 0 Å². The number of rotatable bonds is 8. The Labute approximate surface area is 250 Å². The van der Waals surface area contributed by atoms with Gasteiger partial charge in [0.05, 0.1) is 28.4 Å². The molecule has 2 saturated heterocycles. The van der Waals surface area contributed by atoms with E-state index in [9.17, 15) is 34.8 Å². The third-order valence-electron chi connectivity index (χ3n) is 7.49. The molecule has 0 spiro atoms. The van der Waals surface area contributed by atoms with Crippen LogP contribution in [0.4, 0.5) is 13.2 Å². The molecule has 236 valence electrons. The fourth-order valence-corrected chi connectivity index (χ4v) is 7.37. The normalized spacial score (nSPS) is 19.5. The van der Waals surface area contributed by atoms with Crippen LogP contribution in [0.15, 0.2) is 53.4 Å². The number of ether oxygens (including phenoxy) is 1. The summed E-state index contributed by atoms with van der Waals surface area (Å²) in [6.45, 7) is 6.23. The summed E-state index contributed by atoms with van der Waals surface area (Å²) in [5.41, 5.74) is 0.151. The van der Waals surface area contributed by atoms with Crippen molar-refractivity contribution in [3.8, 4) is 0 Å². The van der Waals surface area contributed by atoms with E-state index >= 15 is 0 Å². The zero-order chi connectivity index (χ0) is 31.6. The summed E-state index contributed by atoms with van der Waals surface area (Å²) < 4.78 is 99.5. The topological polar surface area (TPSA) is 113 Å². The summed E-state index contributed by atoms with van der Waals surface area (Å²) in [5, 5.41) is 0. The van der Waals surface area contributed by atoms with Crippen molar-refractivity contribution >= 4 is 37.6 Å². The fourth-order valence-electron chi connectivity index (χ4n) is 4.83.